The second-order valence-electron chi connectivity index (χ2n) is 6.14. The first-order chi connectivity index (χ1) is 11.5. The molecule has 1 aromatic rings. The lowest BCUT2D eigenvalue weighted by molar-refractivity contribution is -0.897. The van der Waals surface area contributed by atoms with Crippen molar-refractivity contribution in [1.82, 2.24) is 0 Å². The maximum absolute atomic E-state index is 12.2. The Bertz CT molecular complexity index is 607. The van der Waals surface area contributed by atoms with Crippen LogP contribution in [0.3, 0.4) is 0 Å². The molecule has 6 heteroatoms. The molecule has 24 heavy (non-hydrogen) atoms. The molecule has 0 saturated carbocycles. The number of carbonyl (C=O) groups excluding carboxylic acids is 3. The molecule has 0 aliphatic carbocycles. The first-order valence-electron chi connectivity index (χ1n) is 8.40. The SMILES string of the molecule is CCOC(=O)C1CC[NH+](CC(=O)Nc2cccc(C(C)=O)c2)CC1. The number of amides is 1. The second kappa shape index (κ2) is 8.59. The Morgan fingerprint density at radius 3 is 2.58 bits per heavy atom. The molecule has 1 amide bonds. The number of anilines is 1. The van der Waals surface area contributed by atoms with Crippen LogP contribution in [0, 0.1) is 5.92 Å². The molecule has 130 valence electrons. The van der Waals surface area contributed by atoms with E-state index in [-0.39, 0.29) is 23.6 Å². The number of likely N-dealkylation sites (tertiary alicyclic amines) is 1. The fourth-order valence-corrected chi connectivity index (χ4v) is 2.95. The van der Waals surface area contributed by atoms with E-state index < -0.39 is 0 Å². The molecular weight excluding hydrogens is 308 g/mol. The Kier molecular flexibility index (Phi) is 6.49. The zero-order valence-electron chi connectivity index (χ0n) is 14.3. The van der Waals surface area contributed by atoms with Crippen LogP contribution in [0.15, 0.2) is 24.3 Å². The lowest BCUT2D eigenvalue weighted by Gasteiger charge is -2.27. The third-order valence-electron chi connectivity index (χ3n) is 4.28. The zero-order valence-corrected chi connectivity index (χ0v) is 14.3. The van der Waals surface area contributed by atoms with Crippen LogP contribution in [-0.4, -0.2) is 43.9 Å². The molecule has 1 heterocycles. The summed E-state index contributed by atoms with van der Waals surface area (Å²) in [4.78, 5) is 36.4. The fraction of sp³-hybridized carbons (Fsp3) is 0.500. The minimum absolute atomic E-state index is 0.0299. The molecule has 1 aliphatic heterocycles. The molecule has 0 spiro atoms. The van der Waals surface area contributed by atoms with E-state index in [9.17, 15) is 14.4 Å². The van der Waals surface area contributed by atoms with Gasteiger partial charge in [-0.3, -0.25) is 14.4 Å². The molecule has 0 aromatic heterocycles. The highest BCUT2D eigenvalue weighted by Crippen LogP contribution is 2.12. The van der Waals surface area contributed by atoms with E-state index in [1.807, 2.05) is 6.92 Å². The largest absolute Gasteiger partial charge is 0.466 e. The van der Waals surface area contributed by atoms with E-state index in [2.05, 4.69) is 5.32 Å². The van der Waals surface area contributed by atoms with Crippen LogP contribution >= 0.6 is 0 Å². The maximum atomic E-state index is 12.2. The number of carbonyl (C=O) groups is 3. The van der Waals surface area contributed by atoms with Crippen LogP contribution in [-0.2, 0) is 14.3 Å². The normalized spacial score (nSPS) is 20.2. The zero-order chi connectivity index (χ0) is 17.5. The standard InChI is InChI=1S/C18H24N2O4/c1-3-24-18(23)14-7-9-20(10-8-14)12-17(22)19-16-6-4-5-15(11-16)13(2)21/h4-6,11,14H,3,7-10,12H2,1-2H3,(H,19,22)/p+1. The Hall–Kier alpha value is -2.21. The molecule has 1 aliphatic rings. The first-order valence-corrected chi connectivity index (χ1v) is 8.40. The maximum Gasteiger partial charge on any atom is 0.309 e. The van der Waals surface area contributed by atoms with Crippen molar-refractivity contribution in [3.63, 3.8) is 0 Å². The van der Waals surface area contributed by atoms with Gasteiger partial charge < -0.3 is 15.0 Å². The summed E-state index contributed by atoms with van der Waals surface area (Å²) < 4.78 is 5.05. The van der Waals surface area contributed by atoms with E-state index in [0.29, 0.717) is 24.4 Å². The number of esters is 1. The van der Waals surface area contributed by atoms with Gasteiger partial charge in [0.25, 0.3) is 5.91 Å². The van der Waals surface area contributed by atoms with Gasteiger partial charge in [0.1, 0.15) is 0 Å². The van der Waals surface area contributed by atoms with Gasteiger partial charge in [0, 0.05) is 24.1 Å². The summed E-state index contributed by atoms with van der Waals surface area (Å²) in [7, 11) is 0. The number of rotatable bonds is 6. The van der Waals surface area contributed by atoms with Crippen LogP contribution < -0.4 is 10.2 Å². The van der Waals surface area contributed by atoms with E-state index in [1.165, 1.54) is 6.92 Å². The van der Waals surface area contributed by atoms with E-state index in [4.69, 9.17) is 4.74 Å². The van der Waals surface area contributed by atoms with Gasteiger partial charge in [-0.05, 0) is 26.0 Å². The minimum Gasteiger partial charge on any atom is -0.466 e. The Morgan fingerprint density at radius 2 is 1.96 bits per heavy atom. The Morgan fingerprint density at radius 1 is 1.25 bits per heavy atom. The van der Waals surface area contributed by atoms with Crippen molar-refractivity contribution in [2.75, 3.05) is 31.6 Å². The summed E-state index contributed by atoms with van der Waals surface area (Å²) >= 11 is 0. The van der Waals surface area contributed by atoms with Gasteiger partial charge in [0.05, 0.1) is 25.6 Å². The molecule has 1 aromatic carbocycles. The van der Waals surface area contributed by atoms with Gasteiger partial charge in [-0.1, -0.05) is 12.1 Å². The van der Waals surface area contributed by atoms with Crippen molar-refractivity contribution in [3.8, 4) is 0 Å². The van der Waals surface area contributed by atoms with Crippen molar-refractivity contribution < 1.29 is 24.0 Å². The second-order valence-corrected chi connectivity index (χ2v) is 6.14. The van der Waals surface area contributed by atoms with E-state index in [0.717, 1.165) is 30.8 Å². The van der Waals surface area contributed by atoms with E-state index in [1.54, 1.807) is 24.3 Å². The summed E-state index contributed by atoms with van der Waals surface area (Å²) in [5.41, 5.74) is 1.21. The predicted octanol–water partition coefficient (Wildman–Crippen LogP) is 0.686. The van der Waals surface area contributed by atoms with Crippen molar-refractivity contribution in [1.29, 1.82) is 0 Å². The van der Waals surface area contributed by atoms with Gasteiger partial charge in [0.15, 0.2) is 12.3 Å². The average Bonchev–Trinajstić information content (AvgIpc) is 2.55. The highest BCUT2D eigenvalue weighted by atomic mass is 16.5. The molecule has 1 fully saturated rings. The van der Waals surface area contributed by atoms with Crippen LogP contribution in [0.25, 0.3) is 0 Å². The van der Waals surface area contributed by atoms with Crippen LogP contribution in [0.4, 0.5) is 5.69 Å². The average molecular weight is 333 g/mol. The van der Waals surface area contributed by atoms with Crippen molar-refractivity contribution in [2.24, 2.45) is 5.92 Å². The molecule has 0 bridgehead atoms. The third kappa shape index (κ3) is 5.16. The number of piperidine rings is 1. The molecule has 6 nitrogen and oxygen atoms in total. The molecule has 0 radical (unpaired) electrons. The van der Waals surface area contributed by atoms with Crippen LogP contribution in [0.2, 0.25) is 0 Å². The lowest BCUT2D eigenvalue weighted by atomic mass is 9.97. The monoisotopic (exact) mass is 333 g/mol. The number of quaternary nitrogens is 1. The number of ketones is 1. The molecule has 0 atom stereocenters. The van der Waals surface area contributed by atoms with Gasteiger partial charge in [-0.25, -0.2) is 0 Å². The smallest absolute Gasteiger partial charge is 0.309 e. The topological polar surface area (TPSA) is 76.9 Å². The summed E-state index contributed by atoms with van der Waals surface area (Å²) in [5, 5.41) is 2.84. The highest BCUT2D eigenvalue weighted by Gasteiger charge is 2.29. The summed E-state index contributed by atoms with van der Waals surface area (Å²) in [5.74, 6) is -0.274. The summed E-state index contributed by atoms with van der Waals surface area (Å²) in [6.45, 7) is 5.64. The quantitative estimate of drug-likeness (QED) is 0.593. The Balaban J connectivity index is 1.80. The van der Waals surface area contributed by atoms with Gasteiger partial charge in [-0.15, -0.1) is 0 Å². The number of Topliss-reactive ketones (excluding diaryl/α,β-unsaturated/α-hetero) is 1. The van der Waals surface area contributed by atoms with Gasteiger partial charge >= 0.3 is 5.97 Å². The minimum atomic E-state index is -0.123. The van der Waals surface area contributed by atoms with Gasteiger partial charge in [0.2, 0.25) is 0 Å². The number of hydrogen-bond acceptors (Lipinski definition) is 4. The Labute approximate surface area is 142 Å². The van der Waals surface area contributed by atoms with Gasteiger partial charge in [-0.2, -0.15) is 0 Å². The molecule has 1 saturated heterocycles. The number of benzene rings is 1. The summed E-state index contributed by atoms with van der Waals surface area (Å²) in [6.07, 6.45) is 1.50. The third-order valence-corrected chi connectivity index (χ3v) is 4.28. The van der Waals surface area contributed by atoms with Crippen LogP contribution in [0.1, 0.15) is 37.0 Å². The number of ether oxygens (including phenoxy) is 1. The molecule has 0 unspecified atom stereocenters. The number of nitrogens with one attached hydrogen (secondary N) is 2. The summed E-state index contributed by atoms with van der Waals surface area (Å²) in [6, 6.07) is 6.93. The van der Waals surface area contributed by atoms with Crippen molar-refractivity contribution in [3.05, 3.63) is 29.8 Å². The van der Waals surface area contributed by atoms with E-state index >= 15 is 0 Å². The predicted molar refractivity (Wildman–Crippen MR) is 90.0 cm³/mol. The van der Waals surface area contributed by atoms with Crippen LogP contribution in [0.5, 0.6) is 0 Å². The number of hydrogen-bond donors (Lipinski definition) is 2. The lowest BCUT2D eigenvalue weighted by Crippen LogP contribution is -3.14. The van der Waals surface area contributed by atoms with Crippen molar-refractivity contribution >= 4 is 23.3 Å². The molecule has 2 rings (SSSR count). The fourth-order valence-electron chi connectivity index (χ4n) is 2.95. The van der Waals surface area contributed by atoms with Crippen molar-refractivity contribution in [2.45, 2.75) is 26.7 Å². The highest BCUT2D eigenvalue weighted by molar-refractivity contribution is 5.97. The molecule has 2 N–H and O–H groups in total. The molecular formula is C18H25N2O4+. The first kappa shape index (κ1) is 18.1.